The van der Waals surface area contributed by atoms with Crippen LogP contribution in [0.5, 0.6) is 0 Å². The smallest absolute Gasteiger partial charge is 0.364 e. The molecule has 0 spiro atoms. The number of carboxylic acids is 2. The van der Waals surface area contributed by atoms with Crippen LogP contribution in [0.3, 0.4) is 0 Å². The Morgan fingerprint density at radius 3 is 1.33 bits per heavy atom. The minimum absolute atomic E-state index is 0.877. The lowest BCUT2D eigenvalue weighted by atomic mass is 9.88. The van der Waals surface area contributed by atoms with Gasteiger partial charge in [-0.3, -0.25) is 14.4 Å². The number of carbonyl (C=O) groups excluding carboxylic acids is 3. The summed E-state index contributed by atoms with van der Waals surface area (Å²) in [5.41, 5.74) is 0. The average molecular weight is 1290 g/mol. The fraction of sp³-hybridized carbons (Fsp3) is 0.896. The topological polar surface area (TPSA) is 648 Å². The number of carbonyl (C=O) groups is 5. The van der Waals surface area contributed by atoms with Crippen molar-refractivity contribution in [1.29, 1.82) is 0 Å². The predicted octanol–water partition coefficient (Wildman–Crippen LogP) is -15.3. The molecule has 6 rings (SSSR count). The Labute approximate surface area is 496 Å². The Morgan fingerprint density at radius 1 is 0.466 bits per heavy atom. The van der Waals surface area contributed by atoms with E-state index in [1.165, 1.54) is 0 Å². The summed E-state index contributed by atoms with van der Waals surface area (Å²) >= 11 is 0. The van der Waals surface area contributed by atoms with Gasteiger partial charge in [-0.25, -0.2) is 9.59 Å². The van der Waals surface area contributed by atoms with Crippen LogP contribution in [-0.4, -0.2) is 372 Å². The third kappa shape index (κ3) is 15.8. The summed E-state index contributed by atoms with van der Waals surface area (Å²) in [6.07, 6.45) is -62.0. The molecule has 6 aliphatic rings. The van der Waals surface area contributed by atoms with Gasteiger partial charge in [-0.15, -0.1) is 0 Å². The van der Waals surface area contributed by atoms with Gasteiger partial charge in [-0.05, 0) is 0 Å². The lowest BCUT2D eigenvalue weighted by molar-refractivity contribution is -0.392. The highest BCUT2D eigenvalue weighted by atomic mass is 16.8. The van der Waals surface area contributed by atoms with E-state index in [9.17, 15) is 131 Å². The van der Waals surface area contributed by atoms with E-state index >= 15 is 0 Å². The highest BCUT2D eigenvalue weighted by molar-refractivity contribution is 5.77. The van der Waals surface area contributed by atoms with E-state index in [1.54, 1.807) is 0 Å². The molecule has 3 amide bonds. The van der Waals surface area contributed by atoms with Crippen molar-refractivity contribution in [3.63, 3.8) is 0 Å². The maximum Gasteiger partial charge on any atom is 0.364 e. The van der Waals surface area contributed by atoms with Crippen molar-refractivity contribution in [1.82, 2.24) is 16.0 Å². The number of nitrogens with one attached hydrogen (secondary N) is 3. The molecule has 0 saturated carbocycles. The van der Waals surface area contributed by atoms with Crippen molar-refractivity contribution in [2.24, 2.45) is 0 Å². The molecule has 6 fully saturated rings. The van der Waals surface area contributed by atoms with Crippen molar-refractivity contribution < 1.29 is 183 Å². The van der Waals surface area contributed by atoms with Crippen LogP contribution < -0.4 is 16.0 Å². The van der Waals surface area contributed by atoms with Gasteiger partial charge in [-0.2, -0.15) is 0 Å². The maximum absolute atomic E-state index is 13.5. The summed E-state index contributed by atoms with van der Waals surface area (Å²) in [5.74, 6) is -13.9. The normalized spacial score (nSPS) is 44.6. The van der Waals surface area contributed by atoms with Crippen LogP contribution in [0.1, 0.15) is 33.6 Å². The zero-order valence-electron chi connectivity index (χ0n) is 46.9. The van der Waals surface area contributed by atoms with E-state index in [0.29, 0.717) is 0 Å². The van der Waals surface area contributed by atoms with Crippen LogP contribution in [0, 0.1) is 0 Å². The number of aliphatic hydroxyl groups is 19. The number of ether oxygens (including phenoxy) is 11. The van der Waals surface area contributed by atoms with E-state index in [0.717, 1.165) is 20.8 Å². The van der Waals surface area contributed by atoms with Crippen molar-refractivity contribution in [2.75, 3.05) is 39.6 Å². The second-order valence-corrected chi connectivity index (χ2v) is 21.9. The third-order valence-corrected chi connectivity index (χ3v) is 15.6. The van der Waals surface area contributed by atoms with Gasteiger partial charge in [0.15, 0.2) is 25.2 Å². The molecule has 0 aromatic carbocycles. The molecule has 1 unspecified atom stereocenters. The van der Waals surface area contributed by atoms with Gasteiger partial charge in [-0.1, -0.05) is 0 Å². The molecule has 0 aromatic rings. The van der Waals surface area contributed by atoms with Crippen LogP contribution >= 0.6 is 0 Å². The van der Waals surface area contributed by atoms with Gasteiger partial charge in [0, 0.05) is 33.6 Å². The van der Waals surface area contributed by atoms with Crippen LogP contribution in [-0.2, 0) is 76.1 Å². The van der Waals surface area contributed by atoms with Gasteiger partial charge in [0.1, 0.15) is 134 Å². The van der Waals surface area contributed by atoms with Crippen molar-refractivity contribution in [3.8, 4) is 0 Å². The SMILES string of the molecule is CC(=O)N[C@H]1[C@H](O[C@H]2[C@@H](O)[C@@H](CO)O[C@@H](O[C@H]3[C@H](O)[C@@H](O)C(O)O[C@@H]3CO)[C@@H]2O)O[C@H](CO)[C@@H](O)[C@@H]1O[C@@H]1O[C@H](CO[C@]2(C(=O)O)C[C@H](O)[C@@H](NC(C)=O)[C@H]([C@H](O)[C@H](O)CO)O2)[C@H](O)[C@H](O[C@]2(C(=O)O)C[C@H](O)[C@@H](NC(C)=O)[C@H]([C@H](O)[C@H](O)CO)O2)[C@H]1O. The summed E-state index contributed by atoms with van der Waals surface area (Å²) in [6, 6.07) is -5.63. The molecule has 40 nitrogen and oxygen atoms in total. The molecule has 88 heavy (non-hydrogen) atoms. The predicted molar refractivity (Wildman–Crippen MR) is 268 cm³/mol. The van der Waals surface area contributed by atoms with Crippen LogP contribution in [0.15, 0.2) is 0 Å². The number of hydrogen-bond donors (Lipinski definition) is 24. The molecule has 0 aromatic heterocycles. The van der Waals surface area contributed by atoms with E-state index in [2.05, 4.69) is 16.0 Å². The van der Waals surface area contributed by atoms with Crippen LogP contribution in [0.4, 0.5) is 0 Å². The number of aliphatic hydroxyl groups excluding tert-OH is 19. The summed E-state index contributed by atoms with van der Waals surface area (Å²) < 4.78 is 63.0. The van der Waals surface area contributed by atoms with Crippen molar-refractivity contribution in [2.45, 2.75) is 229 Å². The molecule has 6 heterocycles. The molecule has 0 bridgehead atoms. The number of aliphatic carboxylic acids is 2. The Hall–Kier alpha value is -3.85. The summed E-state index contributed by atoms with van der Waals surface area (Å²) in [7, 11) is 0. The van der Waals surface area contributed by atoms with Gasteiger partial charge in [0.2, 0.25) is 17.7 Å². The van der Waals surface area contributed by atoms with Crippen molar-refractivity contribution >= 4 is 29.7 Å². The van der Waals surface area contributed by atoms with E-state index in [-0.39, 0.29) is 0 Å². The first-order valence-corrected chi connectivity index (χ1v) is 27.4. The number of hydrogen-bond acceptors (Lipinski definition) is 35. The van der Waals surface area contributed by atoms with Gasteiger partial charge in [0.05, 0.1) is 63.9 Å². The first-order chi connectivity index (χ1) is 41.2. The molecule has 24 N–H and O–H groups in total. The van der Waals surface area contributed by atoms with Gasteiger partial charge >= 0.3 is 11.9 Å². The molecule has 6 aliphatic heterocycles. The van der Waals surface area contributed by atoms with E-state index in [1.807, 2.05) is 0 Å². The van der Waals surface area contributed by atoms with E-state index < -0.39 is 277 Å². The number of rotatable bonds is 25. The fourth-order valence-electron chi connectivity index (χ4n) is 11.0. The van der Waals surface area contributed by atoms with E-state index in [4.69, 9.17) is 52.1 Å². The lowest BCUT2D eigenvalue weighted by Gasteiger charge is -2.52. The quantitative estimate of drug-likeness (QED) is 0.0404. The standard InChI is InChI=1S/C48H79N3O37/c1-12(57)49-23-15(60)4-47(45(74)75,86-37(23)26(64)17(62)6-52)78-11-22-30(68)40(88-48(46(76)77)5-16(61)24(50-13(2)58)38(87-48)27(65)18(63)7-53)34(72)44(82-22)84-36-25(51-14(3)59)42(80-19(8-54)28(36)66)85-39-29(67)20(9-55)81-43(33(39)71)83-35-21(10-56)79-41(73)32(70)31(35)69/h15-44,52-56,60-73H,4-11H2,1-3H3,(H,49,57)(H,50,58)(H,51,59)(H,74,75)(H,76,77)/t15-,16-,17+,18+,19+,20+,21+,22+,23+,24+,25+,26+,27+,28+,29-,30-,31+,32+,33+,34+,35+,36+,37+,38+,39-,40-,41?,42-,43-,44-,47+,48-/m0/s1. The zero-order chi connectivity index (χ0) is 65.8. The van der Waals surface area contributed by atoms with Crippen molar-refractivity contribution in [3.05, 3.63) is 0 Å². The number of carboxylic acid groups (broad SMARTS) is 2. The first kappa shape index (κ1) is 73.2. The first-order valence-electron chi connectivity index (χ1n) is 27.4. The second-order valence-electron chi connectivity index (χ2n) is 21.9. The largest absolute Gasteiger partial charge is 0.477 e. The molecule has 0 radical (unpaired) electrons. The molecular weight excluding hydrogens is 1210 g/mol. The van der Waals surface area contributed by atoms with Crippen LogP contribution in [0.2, 0.25) is 0 Å². The molecule has 0 aliphatic carbocycles. The average Bonchev–Trinajstić information content (AvgIpc) is 0.820. The highest BCUT2D eigenvalue weighted by Gasteiger charge is 2.63. The molecule has 32 atom stereocenters. The monoisotopic (exact) mass is 1290 g/mol. The highest BCUT2D eigenvalue weighted by Crippen LogP contribution is 2.41. The minimum atomic E-state index is -3.46. The second kappa shape index (κ2) is 30.7. The summed E-state index contributed by atoms with van der Waals surface area (Å²) in [6.45, 7) is -4.39. The molecule has 40 heteroatoms. The number of amides is 3. The van der Waals surface area contributed by atoms with Gasteiger partial charge < -0.3 is 175 Å². The Balaban J connectivity index is 1.42. The Bertz CT molecular complexity index is 2320. The fourth-order valence-corrected chi connectivity index (χ4v) is 11.0. The minimum Gasteiger partial charge on any atom is -0.477 e. The molecule has 6 saturated heterocycles. The Kier molecular flexibility index (Phi) is 25.6. The van der Waals surface area contributed by atoms with Crippen LogP contribution in [0.25, 0.3) is 0 Å². The Morgan fingerprint density at radius 2 is 0.864 bits per heavy atom. The maximum atomic E-state index is 13.5. The lowest BCUT2D eigenvalue weighted by Crippen LogP contribution is -2.72. The molecule has 508 valence electrons. The summed E-state index contributed by atoms with van der Waals surface area (Å²) in [4.78, 5) is 64.2. The van der Waals surface area contributed by atoms with Gasteiger partial charge in [0.25, 0.3) is 11.6 Å². The zero-order valence-corrected chi connectivity index (χ0v) is 46.9. The summed E-state index contributed by atoms with van der Waals surface area (Å²) in [5, 5.41) is 235. The molecular formula is C48H79N3O37. The third-order valence-electron chi connectivity index (χ3n) is 15.6.